The van der Waals surface area contributed by atoms with Gasteiger partial charge >= 0.3 is 0 Å². The van der Waals surface area contributed by atoms with Gasteiger partial charge in [-0.05, 0) is 116 Å². The topological polar surface area (TPSA) is 9.86 Å². The molecular formula is C66H44N2. The third-order valence-corrected chi connectivity index (χ3v) is 13.7. The van der Waals surface area contributed by atoms with Crippen molar-refractivity contribution in [2.24, 2.45) is 0 Å². The third-order valence-electron chi connectivity index (χ3n) is 13.7. The number of hydrogen-bond donors (Lipinski definition) is 0. The smallest absolute Gasteiger partial charge is 0.0625 e. The summed E-state index contributed by atoms with van der Waals surface area (Å²) in [5.74, 6) is 0. The molecule has 2 heteroatoms. The fourth-order valence-electron chi connectivity index (χ4n) is 10.6. The molecule has 2 heterocycles. The quantitative estimate of drug-likeness (QED) is 0.144. The molecule has 0 bridgehead atoms. The van der Waals surface area contributed by atoms with Gasteiger partial charge in [-0.15, -0.1) is 0 Å². The first kappa shape index (κ1) is 39.4. The van der Waals surface area contributed by atoms with Gasteiger partial charge < -0.3 is 9.13 Å². The molecule has 318 valence electrons. The fraction of sp³-hybridized carbons (Fsp3) is 0. The second-order valence-electron chi connectivity index (χ2n) is 17.7. The second kappa shape index (κ2) is 16.5. The van der Waals surface area contributed by atoms with Crippen LogP contribution in [0.2, 0.25) is 0 Å². The van der Waals surface area contributed by atoms with Gasteiger partial charge in [-0.3, -0.25) is 0 Å². The summed E-state index contributed by atoms with van der Waals surface area (Å²) in [5, 5.41) is 4.89. The monoisotopic (exact) mass is 864 g/mol. The Labute approximate surface area is 395 Å². The van der Waals surface area contributed by atoms with Crippen LogP contribution in [-0.2, 0) is 0 Å². The molecule has 0 spiro atoms. The number of para-hydroxylation sites is 1. The van der Waals surface area contributed by atoms with Crippen LogP contribution in [0.1, 0.15) is 0 Å². The summed E-state index contributed by atoms with van der Waals surface area (Å²) in [5.41, 5.74) is 21.3. The van der Waals surface area contributed by atoms with Crippen LogP contribution < -0.4 is 0 Å². The molecule has 0 fully saturated rings. The van der Waals surface area contributed by atoms with Gasteiger partial charge in [0.25, 0.3) is 0 Å². The lowest BCUT2D eigenvalue weighted by molar-refractivity contribution is 1.18. The molecule has 0 aliphatic heterocycles. The van der Waals surface area contributed by atoms with E-state index in [2.05, 4.69) is 276 Å². The summed E-state index contributed by atoms with van der Waals surface area (Å²) in [6.45, 7) is 0. The minimum atomic E-state index is 1.13. The Morgan fingerprint density at radius 1 is 0.206 bits per heavy atom. The molecule has 0 radical (unpaired) electrons. The van der Waals surface area contributed by atoms with E-state index in [0.717, 1.165) is 16.9 Å². The highest BCUT2D eigenvalue weighted by Crippen LogP contribution is 2.46. The van der Waals surface area contributed by atoms with Crippen molar-refractivity contribution < 1.29 is 0 Å². The molecule has 0 aliphatic carbocycles. The molecule has 0 saturated carbocycles. The molecule has 0 N–H and O–H groups in total. The van der Waals surface area contributed by atoms with E-state index in [0.29, 0.717) is 0 Å². The van der Waals surface area contributed by atoms with Gasteiger partial charge in [-0.25, -0.2) is 0 Å². The first-order valence-corrected chi connectivity index (χ1v) is 23.4. The molecular weight excluding hydrogens is 821 g/mol. The summed E-state index contributed by atoms with van der Waals surface area (Å²) in [4.78, 5) is 0. The van der Waals surface area contributed by atoms with Crippen LogP contribution in [0, 0.1) is 0 Å². The predicted molar refractivity (Wildman–Crippen MR) is 288 cm³/mol. The summed E-state index contributed by atoms with van der Waals surface area (Å²) in [6, 6.07) is 97.5. The van der Waals surface area contributed by atoms with Crippen LogP contribution in [0.15, 0.2) is 267 Å². The average Bonchev–Trinajstić information content (AvgIpc) is 3.95. The number of fused-ring (bicyclic) bond motifs is 6. The Morgan fingerprint density at radius 3 is 1.22 bits per heavy atom. The molecule has 2 aromatic heterocycles. The highest BCUT2D eigenvalue weighted by Gasteiger charge is 2.23. The van der Waals surface area contributed by atoms with E-state index >= 15 is 0 Å². The average molecular weight is 865 g/mol. The van der Waals surface area contributed by atoms with Crippen molar-refractivity contribution in [1.82, 2.24) is 9.13 Å². The Bertz CT molecular complexity index is 3960. The van der Waals surface area contributed by atoms with Crippen molar-refractivity contribution in [2.45, 2.75) is 0 Å². The predicted octanol–water partition coefficient (Wildman–Crippen LogP) is 17.9. The zero-order chi connectivity index (χ0) is 45.0. The van der Waals surface area contributed by atoms with E-state index in [-0.39, 0.29) is 0 Å². The number of nitrogens with zero attached hydrogens (tertiary/aromatic N) is 2. The number of benzene rings is 11. The van der Waals surface area contributed by atoms with E-state index in [1.54, 1.807) is 0 Å². The van der Waals surface area contributed by atoms with E-state index < -0.39 is 0 Å². The standard InChI is InChI=1S/C66H44N2/c1-7-20-45(21-8-1)50-30-19-33-55(40-50)68-62-38-34-51(41-59(62)60-44-53(46-22-9-2-10-23-46)43-58(65(60)68)49-28-15-5-16-29-49)52-35-39-63-61(42-52)64-56(47-24-11-3-12-25-47)36-37-57(48-26-13-4-14-27-48)66(64)67(63)54-31-17-6-18-32-54/h1-44H. The normalized spacial score (nSPS) is 11.5. The van der Waals surface area contributed by atoms with Crippen LogP contribution in [-0.4, -0.2) is 9.13 Å². The van der Waals surface area contributed by atoms with Gasteiger partial charge in [-0.1, -0.05) is 206 Å². The summed E-state index contributed by atoms with van der Waals surface area (Å²) >= 11 is 0. The van der Waals surface area contributed by atoms with E-state index in [4.69, 9.17) is 0 Å². The molecule has 0 amide bonds. The number of rotatable bonds is 8. The maximum absolute atomic E-state index is 2.49. The van der Waals surface area contributed by atoms with Gasteiger partial charge in [0, 0.05) is 44.0 Å². The van der Waals surface area contributed by atoms with Crippen molar-refractivity contribution in [3.8, 4) is 78.1 Å². The van der Waals surface area contributed by atoms with Crippen LogP contribution in [0.25, 0.3) is 122 Å². The lowest BCUT2D eigenvalue weighted by Crippen LogP contribution is -1.96. The van der Waals surface area contributed by atoms with Crippen molar-refractivity contribution in [2.75, 3.05) is 0 Å². The molecule has 2 nitrogen and oxygen atoms in total. The van der Waals surface area contributed by atoms with Gasteiger partial charge in [0.05, 0.1) is 22.1 Å². The highest BCUT2D eigenvalue weighted by atomic mass is 15.0. The summed E-state index contributed by atoms with van der Waals surface area (Å²) in [7, 11) is 0. The Morgan fingerprint density at radius 2 is 0.618 bits per heavy atom. The fourth-order valence-corrected chi connectivity index (χ4v) is 10.6. The molecule has 13 aromatic rings. The highest BCUT2D eigenvalue weighted by molar-refractivity contribution is 6.21. The van der Waals surface area contributed by atoms with Gasteiger partial charge in [0.2, 0.25) is 0 Å². The Hall–Kier alpha value is -8.98. The SMILES string of the molecule is c1ccc(-c2cccc(-n3c4ccc(-c5ccc6c(c5)c5c(-c7ccccc7)ccc(-c7ccccc7)c5n6-c5ccccc5)cc4c4cc(-c5ccccc5)cc(-c5ccccc5)c43)c2)cc1. The molecule has 68 heavy (non-hydrogen) atoms. The van der Waals surface area contributed by atoms with Crippen molar-refractivity contribution in [1.29, 1.82) is 0 Å². The van der Waals surface area contributed by atoms with Crippen LogP contribution in [0.5, 0.6) is 0 Å². The molecule has 0 aliphatic rings. The molecule has 11 aromatic carbocycles. The molecule has 0 saturated heterocycles. The van der Waals surface area contributed by atoms with Crippen LogP contribution >= 0.6 is 0 Å². The third kappa shape index (κ3) is 6.65. The lowest BCUT2D eigenvalue weighted by atomic mass is 9.93. The van der Waals surface area contributed by atoms with Gasteiger partial charge in [0.1, 0.15) is 0 Å². The number of hydrogen-bond acceptors (Lipinski definition) is 0. The first-order chi connectivity index (χ1) is 33.7. The summed E-state index contributed by atoms with van der Waals surface area (Å²) in [6.07, 6.45) is 0. The molecule has 13 rings (SSSR count). The summed E-state index contributed by atoms with van der Waals surface area (Å²) < 4.78 is 4.96. The second-order valence-corrected chi connectivity index (χ2v) is 17.7. The Kier molecular flexibility index (Phi) is 9.54. The zero-order valence-corrected chi connectivity index (χ0v) is 37.3. The van der Waals surface area contributed by atoms with Crippen LogP contribution in [0.4, 0.5) is 0 Å². The molecule has 0 atom stereocenters. The van der Waals surface area contributed by atoms with E-state index in [9.17, 15) is 0 Å². The number of aromatic nitrogens is 2. The van der Waals surface area contributed by atoms with Gasteiger partial charge in [0.15, 0.2) is 0 Å². The largest absolute Gasteiger partial charge is 0.309 e. The van der Waals surface area contributed by atoms with Crippen molar-refractivity contribution in [3.05, 3.63) is 267 Å². The van der Waals surface area contributed by atoms with E-state index in [1.807, 2.05) is 0 Å². The van der Waals surface area contributed by atoms with Crippen LogP contribution in [0.3, 0.4) is 0 Å². The Balaban J connectivity index is 1.10. The first-order valence-electron chi connectivity index (χ1n) is 23.4. The lowest BCUT2D eigenvalue weighted by Gasteiger charge is -2.15. The molecule has 0 unspecified atom stereocenters. The minimum Gasteiger partial charge on any atom is -0.309 e. The minimum absolute atomic E-state index is 1.13. The van der Waals surface area contributed by atoms with Gasteiger partial charge in [-0.2, -0.15) is 0 Å². The maximum atomic E-state index is 2.49. The maximum Gasteiger partial charge on any atom is 0.0625 e. The van der Waals surface area contributed by atoms with E-state index in [1.165, 1.54) is 105 Å². The zero-order valence-electron chi connectivity index (χ0n) is 37.3. The van der Waals surface area contributed by atoms with Crippen molar-refractivity contribution >= 4 is 43.6 Å². The van der Waals surface area contributed by atoms with Crippen molar-refractivity contribution in [3.63, 3.8) is 0 Å².